The molecule has 0 bridgehead atoms. The first-order valence-corrected chi connectivity index (χ1v) is 6.90. The molecule has 0 saturated heterocycles. The minimum Gasteiger partial charge on any atom is -0.395 e. The van der Waals surface area contributed by atoms with Crippen LogP contribution in [0.2, 0.25) is 0 Å². The average Bonchev–Trinajstić information content (AvgIpc) is 2.38. The summed E-state index contributed by atoms with van der Waals surface area (Å²) in [5, 5.41) is 11.6. The van der Waals surface area contributed by atoms with E-state index in [-0.39, 0.29) is 17.9 Å². The van der Waals surface area contributed by atoms with E-state index in [4.69, 9.17) is 5.11 Å². The van der Waals surface area contributed by atoms with Crippen LogP contribution in [-0.2, 0) is 0 Å². The van der Waals surface area contributed by atoms with Crippen LogP contribution in [0.25, 0.3) is 0 Å². The fourth-order valence-corrected chi connectivity index (χ4v) is 1.61. The van der Waals surface area contributed by atoms with Crippen molar-refractivity contribution in [3.63, 3.8) is 0 Å². The first-order chi connectivity index (χ1) is 9.42. The molecule has 1 rings (SSSR count). The third kappa shape index (κ3) is 6.40. The van der Waals surface area contributed by atoms with Crippen LogP contribution in [0.5, 0.6) is 0 Å². The second kappa shape index (κ2) is 7.72. The highest BCUT2D eigenvalue weighted by Crippen LogP contribution is 2.17. The predicted octanol–water partition coefficient (Wildman–Crippen LogP) is 2.59. The smallest absolute Gasteiger partial charge is 0.251 e. The van der Waals surface area contributed by atoms with E-state index in [9.17, 15) is 4.79 Å². The molecule has 108 valence electrons. The number of benzene rings is 1. The lowest BCUT2D eigenvalue weighted by Crippen LogP contribution is -2.27. The molecule has 0 aliphatic rings. The highest BCUT2D eigenvalue weighted by Gasteiger charge is 2.11. The summed E-state index contributed by atoms with van der Waals surface area (Å²) in [7, 11) is 0. The summed E-state index contributed by atoms with van der Waals surface area (Å²) in [5.41, 5.74) is 1.63. The molecular formula is C17H23NO2. The van der Waals surface area contributed by atoms with Crippen molar-refractivity contribution in [1.29, 1.82) is 0 Å². The van der Waals surface area contributed by atoms with Gasteiger partial charge in [0.25, 0.3) is 5.91 Å². The molecule has 1 amide bonds. The van der Waals surface area contributed by atoms with E-state index in [0.29, 0.717) is 18.5 Å². The van der Waals surface area contributed by atoms with Crippen molar-refractivity contribution in [3.8, 4) is 11.8 Å². The van der Waals surface area contributed by atoms with Gasteiger partial charge < -0.3 is 10.4 Å². The lowest BCUT2D eigenvalue weighted by Gasteiger charge is -2.18. The maximum absolute atomic E-state index is 12.0. The van der Waals surface area contributed by atoms with E-state index in [1.807, 2.05) is 12.1 Å². The van der Waals surface area contributed by atoms with Crippen molar-refractivity contribution >= 4 is 5.91 Å². The summed E-state index contributed by atoms with van der Waals surface area (Å²) in [6.45, 7) is 7.17. The van der Waals surface area contributed by atoms with Gasteiger partial charge >= 0.3 is 0 Å². The van der Waals surface area contributed by atoms with Crippen LogP contribution in [0.4, 0.5) is 0 Å². The Hall–Kier alpha value is -1.79. The van der Waals surface area contributed by atoms with Gasteiger partial charge in [-0.05, 0) is 30.0 Å². The van der Waals surface area contributed by atoms with E-state index in [2.05, 4.69) is 37.9 Å². The zero-order valence-corrected chi connectivity index (χ0v) is 12.5. The Labute approximate surface area is 121 Å². The molecule has 0 aromatic heterocycles. The van der Waals surface area contributed by atoms with Gasteiger partial charge in [-0.15, -0.1) is 0 Å². The zero-order valence-electron chi connectivity index (χ0n) is 12.5. The third-order valence-electron chi connectivity index (χ3n) is 2.75. The Kier molecular flexibility index (Phi) is 6.27. The Bertz CT molecular complexity index is 504. The second-order valence-corrected chi connectivity index (χ2v) is 5.92. The Morgan fingerprint density at radius 1 is 1.35 bits per heavy atom. The summed E-state index contributed by atoms with van der Waals surface area (Å²) in [4.78, 5) is 12.0. The largest absolute Gasteiger partial charge is 0.395 e. The van der Waals surface area contributed by atoms with Gasteiger partial charge in [0.1, 0.15) is 0 Å². The fourth-order valence-electron chi connectivity index (χ4n) is 1.61. The van der Waals surface area contributed by atoms with Gasteiger partial charge in [0.05, 0.1) is 6.61 Å². The molecule has 0 spiro atoms. The van der Waals surface area contributed by atoms with Gasteiger partial charge in [0, 0.05) is 24.1 Å². The molecule has 3 nitrogen and oxygen atoms in total. The van der Waals surface area contributed by atoms with Crippen LogP contribution in [0.3, 0.4) is 0 Å². The fraction of sp³-hybridized carbons (Fsp3) is 0.471. The molecule has 2 N–H and O–H groups in total. The van der Waals surface area contributed by atoms with Crippen LogP contribution in [0, 0.1) is 17.3 Å². The number of hydrogen-bond donors (Lipinski definition) is 2. The summed E-state index contributed by atoms with van der Waals surface area (Å²) in [6, 6.07) is 7.23. The van der Waals surface area contributed by atoms with E-state index in [0.717, 1.165) is 12.0 Å². The predicted molar refractivity (Wildman–Crippen MR) is 81.4 cm³/mol. The minimum absolute atomic E-state index is 0.0555. The van der Waals surface area contributed by atoms with Crippen LogP contribution >= 0.6 is 0 Å². The maximum atomic E-state index is 12.0. The van der Waals surface area contributed by atoms with Crippen molar-refractivity contribution < 1.29 is 9.90 Å². The van der Waals surface area contributed by atoms with Gasteiger partial charge in [0.2, 0.25) is 0 Å². The van der Waals surface area contributed by atoms with Crippen molar-refractivity contribution in [2.75, 3.05) is 13.2 Å². The summed E-state index contributed by atoms with van der Waals surface area (Å²) < 4.78 is 0. The number of rotatable bonds is 4. The number of nitrogens with one attached hydrogen (secondary N) is 1. The molecule has 0 heterocycles. The molecule has 0 fully saturated rings. The van der Waals surface area contributed by atoms with E-state index in [1.54, 1.807) is 12.1 Å². The molecule has 20 heavy (non-hydrogen) atoms. The topological polar surface area (TPSA) is 49.3 Å². The van der Waals surface area contributed by atoms with Crippen LogP contribution in [-0.4, -0.2) is 24.2 Å². The molecule has 3 heteroatoms. The van der Waals surface area contributed by atoms with E-state index in [1.165, 1.54) is 0 Å². The molecule has 0 aliphatic heterocycles. The molecule has 1 aromatic carbocycles. The molecule has 0 unspecified atom stereocenters. The van der Waals surface area contributed by atoms with Crippen LogP contribution in [0.1, 0.15) is 49.5 Å². The molecule has 0 saturated carbocycles. The molecule has 0 aliphatic carbocycles. The molecule has 0 radical (unpaired) electrons. The number of aliphatic hydroxyl groups excluding tert-OH is 1. The SMILES string of the molecule is CC(C)(C)CCNC(=O)c1cccc(C#CCCO)c1. The first kappa shape index (κ1) is 16.3. The second-order valence-electron chi connectivity index (χ2n) is 5.92. The normalized spacial score (nSPS) is 10.6. The third-order valence-corrected chi connectivity index (χ3v) is 2.75. The van der Waals surface area contributed by atoms with Gasteiger partial charge in [-0.25, -0.2) is 0 Å². The Balaban J connectivity index is 2.61. The van der Waals surface area contributed by atoms with Crippen molar-refractivity contribution in [1.82, 2.24) is 5.32 Å². The minimum atomic E-state index is -0.0694. The number of hydrogen-bond acceptors (Lipinski definition) is 2. The summed E-state index contributed by atoms with van der Waals surface area (Å²) in [6.07, 6.45) is 1.39. The maximum Gasteiger partial charge on any atom is 0.251 e. The average molecular weight is 273 g/mol. The van der Waals surface area contributed by atoms with Crippen molar-refractivity contribution in [2.45, 2.75) is 33.6 Å². The quantitative estimate of drug-likeness (QED) is 0.828. The van der Waals surface area contributed by atoms with Crippen LogP contribution in [0.15, 0.2) is 24.3 Å². The number of carbonyl (C=O) groups excluding carboxylic acids is 1. The number of amides is 1. The molecule has 0 atom stereocenters. The first-order valence-electron chi connectivity index (χ1n) is 6.90. The van der Waals surface area contributed by atoms with Gasteiger partial charge in [-0.3, -0.25) is 4.79 Å². The Morgan fingerprint density at radius 2 is 2.10 bits per heavy atom. The lowest BCUT2D eigenvalue weighted by atomic mass is 9.92. The van der Waals surface area contributed by atoms with E-state index < -0.39 is 0 Å². The monoisotopic (exact) mass is 273 g/mol. The summed E-state index contributed by atoms with van der Waals surface area (Å²) in [5.74, 6) is 5.71. The lowest BCUT2D eigenvalue weighted by molar-refractivity contribution is 0.0949. The van der Waals surface area contributed by atoms with Crippen molar-refractivity contribution in [2.24, 2.45) is 5.41 Å². The van der Waals surface area contributed by atoms with Crippen LogP contribution < -0.4 is 5.32 Å². The van der Waals surface area contributed by atoms with Gasteiger partial charge in [-0.2, -0.15) is 0 Å². The highest BCUT2D eigenvalue weighted by molar-refractivity contribution is 5.94. The molecule has 1 aromatic rings. The molecular weight excluding hydrogens is 250 g/mol. The van der Waals surface area contributed by atoms with Gasteiger partial charge in [0.15, 0.2) is 0 Å². The van der Waals surface area contributed by atoms with Crippen molar-refractivity contribution in [3.05, 3.63) is 35.4 Å². The highest BCUT2D eigenvalue weighted by atomic mass is 16.2. The number of carbonyl (C=O) groups is 1. The standard InChI is InChI=1S/C17H23NO2/c1-17(2,3)10-11-18-16(20)15-9-6-8-14(13-15)7-4-5-12-19/h6,8-9,13,19H,5,10-12H2,1-3H3,(H,18,20). The van der Waals surface area contributed by atoms with E-state index >= 15 is 0 Å². The number of aliphatic hydroxyl groups is 1. The van der Waals surface area contributed by atoms with Gasteiger partial charge in [-0.1, -0.05) is 38.7 Å². The zero-order chi connectivity index (χ0) is 15.0. The summed E-state index contributed by atoms with van der Waals surface area (Å²) >= 11 is 0. The Morgan fingerprint density at radius 3 is 2.75 bits per heavy atom.